The van der Waals surface area contributed by atoms with Gasteiger partial charge in [0.1, 0.15) is 0 Å². The fourth-order valence-electron chi connectivity index (χ4n) is 1.92. The van der Waals surface area contributed by atoms with E-state index in [2.05, 4.69) is 70.3 Å². The summed E-state index contributed by atoms with van der Waals surface area (Å²) in [6.07, 6.45) is 5.18. The lowest BCUT2D eigenvalue weighted by atomic mass is 10.0. The van der Waals surface area contributed by atoms with Crippen LogP contribution in [-0.2, 0) is 10.8 Å². The van der Waals surface area contributed by atoms with Crippen molar-refractivity contribution in [2.24, 2.45) is 5.92 Å². The monoisotopic (exact) mass is 320 g/mol. The molecule has 1 N–H and O–H groups in total. The summed E-state index contributed by atoms with van der Waals surface area (Å²) in [5.74, 6) is 0.112. The zero-order valence-electron chi connectivity index (χ0n) is 15.0. The minimum Gasteiger partial charge on any atom is -0.410 e. The Morgan fingerprint density at radius 2 is 1.77 bits per heavy atom. The summed E-state index contributed by atoms with van der Waals surface area (Å²) in [5, 5.41) is 9.70. The van der Waals surface area contributed by atoms with Crippen molar-refractivity contribution in [3.63, 3.8) is 0 Å². The molecule has 0 saturated carbocycles. The summed E-state index contributed by atoms with van der Waals surface area (Å²) < 4.78 is 6.49. The normalized spacial score (nSPS) is 16.0. The predicted molar refractivity (Wildman–Crippen MR) is 97.6 cm³/mol. The number of aliphatic hydroxyl groups excluding tert-OH is 1. The molecule has 2 atom stereocenters. The Bertz CT molecular complexity index is 460. The molecule has 0 aliphatic carbocycles. The molecule has 0 bridgehead atoms. The molecule has 0 unspecified atom stereocenters. The van der Waals surface area contributed by atoms with Crippen molar-refractivity contribution in [2.45, 2.75) is 58.4 Å². The van der Waals surface area contributed by atoms with Crippen LogP contribution in [-0.4, -0.2) is 26.1 Å². The SMILES string of the molecule is C[C@@H](CO)[C@H](/C=C/Cc1ccccc1)O[Si](C)(C)C(C)(C)C. The molecule has 1 rings (SSSR count). The van der Waals surface area contributed by atoms with E-state index in [1.54, 1.807) is 0 Å². The van der Waals surface area contributed by atoms with Gasteiger partial charge in [-0.05, 0) is 30.1 Å². The van der Waals surface area contributed by atoms with Gasteiger partial charge < -0.3 is 9.53 Å². The van der Waals surface area contributed by atoms with Gasteiger partial charge in [-0.1, -0.05) is 70.2 Å². The maximum absolute atomic E-state index is 9.52. The smallest absolute Gasteiger partial charge is 0.192 e. The molecule has 0 aliphatic heterocycles. The molecule has 0 fully saturated rings. The molecule has 1 aromatic carbocycles. The first-order valence-electron chi connectivity index (χ1n) is 8.16. The zero-order valence-corrected chi connectivity index (χ0v) is 16.0. The van der Waals surface area contributed by atoms with E-state index in [0.29, 0.717) is 0 Å². The second kappa shape index (κ2) is 8.09. The molecule has 3 heteroatoms. The Kier molecular flexibility index (Phi) is 7.04. The van der Waals surface area contributed by atoms with E-state index in [1.165, 1.54) is 5.56 Å². The van der Waals surface area contributed by atoms with Crippen LogP contribution in [0.1, 0.15) is 33.3 Å². The summed E-state index contributed by atoms with van der Waals surface area (Å²) in [6.45, 7) is 13.4. The van der Waals surface area contributed by atoms with Crippen LogP contribution < -0.4 is 0 Å². The molecule has 0 saturated heterocycles. The fourth-order valence-corrected chi connectivity index (χ4v) is 3.26. The highest BCUT2D eigenvalue weighted by Crippen LogP contribution is 2.38. The number of allylic oxidation sites excluding steroid dienone is 1. The van der Waals surface area contributed by atoms with E-state index in [4.69, 9.17) is 4.43 Å². The fraction of sp³-hybridized carbons (Fsp3) is 0.579. The number of rotatable bonds is 7. The van der Waals surface area contributed by atoms with Crippen LogP contribution in [0.2, 0.25) is 18.1 Å². The molecule has 0 aliphatic rings. The lowest BCUT2D eigenvalue weighted by Gasteiger charge is -2.40. The van der Waals surface area contributed by atoms with Gasteiger partial charge in [0.2, 0.25) is 0 Å². The summed E-state index contributed by atoms with van der Waals surface area (Å²) in [7, 11) is -1.84. The van der Waals surface area contributed by atoms with E-state index >= 15 is 0 Å². The minimum atomic E-state index is -1.84. The highest BCUT2D eigenvalue weighted by molar-refractivity contribution is 6.74. The largest absolute Gasteiger partial charge is 0.410 e. The first-order chi connectivity index (χ1) is 10.2. The Labute approximate surface area is 137 Å². The average Bonchev–Trinajstić information content (AvgIpc) is 2.45. The number of benzene rings is 1. The third kappa shape index (κ3) is 5.71. The molecule has 2 nitrogen and oxygen atoms in total. The van der Waals surface area contributed by atoms with Crippen molar-refractivity contribution in [1.29, 1.82) is 0 Å². The molecule has 1 aromatic rings. The van der Waals surface area contributed by atoms with Gasteiger partial charge in [-0.2, -0.15) is 0 Å². The van der Waals surface area contributed by atoms with Gasteiger partial charge in [0.05, 0.1) is 6.10 Å². The lowest BCUT2D eigenvalue weighted by Crippen LogP contribution is -2.45. The van der Waals surface area contributed by atoms with Crippen LogP contribution in [0.15, 0.2) is 42.5 Å². The third-order valence-corrected chi connectivity index (χ3v) is 9.08. The second-order valence-electron chi connectivity index (χ2n) is 7.62. The summed E-state index contributed by atoms with van der Waals surface area (Å²) in [5.41, 5.74) is 1.29. The van der Waals surface area contributed by atoms with Crippen molar-refractivity contribution < 1.29 is 9.53 Å². The van der Waals surface area contributed by atoms with Crippen LogP contribution in [0.3, 0.4) is 0 Å². The topological polar surface area (TPSA) is 29.5 Å². The molecule has 0 radical (unpaired) electrons. The van der Waals surface area contributed by atoms with E-state index < -0.39 is 8.32 Å². The van der Waals surface area contributed by atoms with Gasteiger partial charge in [0.25, 0.3) is 0 Å². The van der Waals surface area contributed by atoms with Gasteiger partial charge >= 0.3 is 0 Å². The van der Waals surface area contributed by atoms with Crippen LogP contribution in [0, 0.1) is 5.92 Å². The van der Waals surface area contributed by atoms with Crippen molar-refractivity contribution in [2.75, 3.05) is 6.61 Å². The summed E-state index contributed by atoms with van der Waals surface area (Å²) in [6, 6.07) is 10.4. The Morgan fingerprint density at radius 3 is 2.27 bits per heavy atom. The van der Waals surface area contributed by atoms with Gasteiger partial charge in [-0.15, -0.1) is 0 Å². The van der Waals surface area contributed by atoms with Crippen LogP contribution in [0.5, 0.6) is 0 Å². The number of aliphatic hydroxyl groups is 1. The first kappa shape index (κ1) is 19.1. The minimum absolute atomic E-state index is 0.0189. The van der Waals surface area contributed by atoms with E-state index in [-0.39, 0.29) is 23.7 Å². The third-order valence-electron chi connectivity index (χ3n) is 4.61. The summed E-state index contributed by atoms with van der Waals surface area (Å²) >= 11 is 0. The Hall–Kier alpha value is -0.903. The highest BCUT2D eigenvalue weighted by Gasteiger charge is 2.39. The van der Waals surface area contributed by atoms with Crippen LogP contribution >= 0.6 is 0 Å². The van der Waals surface area contributed by atoms with Crippen LogP contribution in [0.4, 0.5) is 0 Å². The molecule has 0 spiro atoms. The maximum atomic E-state index is 9.52. The highest BCUT2D eigenvalue weighted by atomic mass is 28.4. The summed E-state index contributed by atoms with van der Waals surface area (Å²) in [4.78, 5) is 0. The van der Waals surface area contributed by atoms with E-state index in [1.807, 2.05) is 13.0 Å². The van der Waals surface area contributed by atoms with Gasteiger partial charge in [0.15, 0.2) is 8.32 Å². The lowest BCUT2D eigenvalue weighted by molar-refractivity contribution is 0.117. The number of hydrogen-bond donors (Lipinski definition) is 1. The molecule has 0 aromatic heterocycles. The first-order valence-corrected chi connectivity index (χ1v) is 11.1. The molecular formula is C19H32O2Si. The van der Waals surface area contributed by atoms with Gasteiger partial charge in [-0.25, -0.2) is 0 Å². The number of hydrogen-bond acceptors (Lipinski definition) is 2. The van der Waals surface area contributed by atoms with E-state index in [9.17, 15) is 5.11 Å². The van der Waals surface area contributed by atoms with Crippen LogP contribution in [0.25, 0.3) is 0 Å². The van der Waals surface area contributed by atoms with Gasteiger partial charge in [-0.3, -0.25) is 0 Å². The predicted octanol–water partition coefficient (Wildman–Crippen LogP) is 4.80. The van der Waals surface area contributed by atoms with Crippen molar-refractivity contribution in [3.8, 4) is 0 Å². The van der Waals surface area contributed by atoms with Crippen molar-refractivity contribution in [3.05, 3.63) is 48.0 Å². The molecule has 124 valence electrons. The van der Waals surface area contributed by atoms with E-state index in [0.717, 1.165) is 6.42 Å². The zero-order chi connectivity index (χ0) is 16.8. The molecule has 22 heavy (non-hydrogen) atoms. The standard InChI is InChI=1S/C19H32O2Si/c1-16(15-20)18(21-22(5,6)19(2,3)4)14-10-13-17-11-8-7-9-12-17/h7-12,14,16,18,20H,13,15H2,1-6H3/b14-10+/t16-,18-/m0/s1. The average molecular weight is 321 g/mol. The van der Waals surface area contributed by atoms with Crippen molar-refractivity contribution >= 4 is 8.32 Å². The Balaban J connectivity index is 2.77. The maximum Gasteiger partial charge on any atom is 0.192 e. The van der Waals surface area contributed by atoms with Gasteiger partial charge in [0, 0.05) is 12.5 Å². The second-order valence-corrected chi connectivity index (χ2v) is 12.4. The molecule has 0 heterocycles. The quantitative estimate of drug-likeness (QED) is 0.577. The Morgan fingerprint density at radius 1 is 1.18 bits per heavy atom. The molecular weight excluding hydrogens is 288 g/mol. The van der Waals surface area contributed by atoms with Crippen molar-refractivity contribution in [1.82, 2.24) is 0 Å². The molecule has 0 amide bonds.